The monoisotopic (exact) mass is 396 g/mol. The number of nitrogens with zero attached hydrogens (tertiary/aromatic N) is 1. The van der Waals surface area contributed by atoms with Gasteiger partial charge in [0, 0.05) is 17.7 Å². The Bertz CT molecular complexity index is 865. The Balaban J connectivity index is 1.67. The number of benzene rings is 2. The van der Waals surface area contributed by atoms with Crippen molar-refractivity contribution in [2.24, 2.45) is 0 Å². The van der Waals surface area contributed by atoms with Crippen molar-refractivity contribution in [3.05, 3.63) is 58.7 Å². The number of nitrogens with one attached hydrogen (secondary N) is 1. The van der Waals surface area contributed by atoms with E-state index in [1.807, 2.05) is 19.1 Å². The second-order valence-electron chi connectivity index (χ2n) is 7.87. The maximum atomic E-state index is 12.8. The van der Waals surface area contributed by atoms with Gasteiger partial charge in [-0.15, -0.1) is 0 Å². The maximum absolute atomic E-state index is 12.8. The fourth-order valence-electron chi connectivity index (χ4n) is 4.05. The minimum absolute atomic E-state index is 0.0154. The van der Waals surface area contributed by atoms with Gasteiger partial charge in [0.15, 0.2) is 0 Å². The molecule has 2 aromatic carbocycles. The van der Waals surface area contributed by atoms with Crippen LogP contribution in [0.15, 0.2) is 36.4 Å². The lowest BCUT2D eigenvalue weighted by Gasteiger charge is -2.26. The van der Waals surface area contributed by atoms with Crippen LogP contribution in [0.1, 0.15) is 54.1 Å². The first-order chi connectivity index (χ1) is 13.9. The van der Waals surface area contributed by atoms with E-state index in [0.29, 0.717) is 6.54 Å². The molecule has 1 fully saturated rings. The number of likely N-dealkylation sites (tertiary alicyclic amines) is 1. The summed E-state index contributed by atoms with van der Waals surface area (Å²) in [6.07, 6.45) is 2.09. The van der Waals surface area contributed by atoms with Gasteiger partial charge in [-0.2, -0.15) is 0 Å². The number of ether oxygens (including phenoxy) is 2. The number of aryl methyl sites for hydroxylation is 2. The van der Waals surface area contributed by atoms with Crippen molar-refractivity contribution >= 4 is 5.91 Å². The number of carbonyl (C=O) groups is 1. The molecular weight excluding hydrogens is 364 g/mol. The summed E-state index contributed by atoms with van der Waals surface area (Å²) in [7, 11) is 3.33. The van der Waals surface area contributed by atoms with E-state index in [-0.39, 0.29) is 18.0 Å². The van der Waals surface area contributed by atoms with Crippen LogP contribution in [-0.2, 0) is 4.79 Å². The van der Waals surface area contributed by atoms with E-state index in [1.165, 1.54) is 11.1 Å². The maximum Gasteiger partial charge on any atom is 0.234 e. The smallest absolute Gasteiger partial charge is 0.234 e. The summed E-state index contributed by atoms with van der Waals surface area (Å²) in [5, 5.41) is 3.16. The quantitative estimate of drug-likeness (QED) is 0.757. The molecule has 0 bridgehead atoms. The van der Waals surface area contributed by atoms with Crippen LogP contribution in [0.2, 0.25) is 0 Å². The third-order valence-electron chi connectivity index (χ3n) is 5.92. The highest BCUT2D eigenvalue weighted by Crippen LogP contribution is 2.38. The molecule has 0 radical (unpaired) electrons. The van der Waals surface area contributed by atoms with Gasteiger partial charge < -0.3 is 14.8 Å². The molecule has 1 heterocycles. The zero-order chi connectivity index (χ0) is 21.0. The average Bonchev–Trinajstić information content (AvgIpc) is 3.16. The predicted molar refractivity (Wildman–Crippen MR) is 116 cm³/mol. The number of amides is 1. The van der Waals surface area contributed by atoms with Crippen LogP contribution in [0.3, 0.4) is 0 Å². The van der Waals surface area contributed by atoms with Crippen molar-refractivity contribution in [2.75, 3.05) is 27.3 Å². The molecule has 1 aliphatic rings. The van der Waals surface area contributed by atoms with Crippen LogP contribution in [0.5, 0.6) is 11.5 Å². The summed E-state index contributed by atoms with van der Waals surface area (Å²) in [6.45, 7) is 7.53. The van der Waals surface area contributed by atoms with Crippen molar-refractivity contribution in [1.82, 2.24) is 10.2 Å². The van der Waals surface area contributed by atoms with Gasteiger partial charge in [0.2, 0.25) is 5.91 Å². The molecule has 0 unspecified atom stereocenters. The molecule has 2 atom stereocenters. The first-order valence-corrected chi connectivity index (χ1v) is 10.3. The van der Waals surface area contributed by atoms with E-state index in [2.05, 4.69) is 48.3 Å². The molecule has 1 saturated heterocycles. The topological polar surface area (TPSA) is 50.8 Å². The Kier molecular flexibility index (Phi) is 6.80. The molecule has 0 aromatic heterocycles. The van der Waals surface area contributed by atoms with E-state index in [0.717, 1.165) is 42.0 Å². The van der Waals surface area contributed by atoms with Crippen LogP contribution < -0.4 is 14.8 Å². The lowest BCUT2D eigenvalue weighted by atomic mass is 10.0. The normalized spacial score (nSPS) is 17.8. The molecule has 5 heteroatoms. The minimum atomic E-state index is -0.0154. The van der Waals surface area contributed by atoms with Crippen LogP contribution in [0.4, 0.5) is 0 Å². The van der Waals surface area contributed by atoms with Crippen LogP contribution >= 0.6 is 0 Å². The molecule has 1 aliphatic heterocycles. The number of methoxy groups -OCH3 is 2. The minimum Gasteiger partial charge on any atom is -0.497 e. The zero-order valence-corrected chi connectivity index (χ0v) is 18.1. The van der Waals surface area contributed by atoms with E-state index < -0.39 is 0 Å². The summed E-state index contributed by atoms with van der Waals surface area (Å²) in [6, 6.07) is 12.4. The fourth-order valence-corrected chi connectivity index (χ4v) is 4.05. The summed E-state index contributed by atoms with van der Waals surface area (Å²) in [4.78, 5) is 15.0. The van der Waals surface area contributed by atoms with Crippen LogP contribution in [0.25, 0.3) is 0 Å². The highest BCUT2D eigenvalue weighted by atomic mass is 16.5. The fraction of sp³-hybridized carbons (Fsp3) is 0.458. The average molecular weight is 397 g/mol. The van der Waals surface area contributed by atoms with E-state index in [1.54, 1.807) is 14.2 Å². The molecule has 2 aromatic rings. The Hall–Kier alpha value is -2.53. The molecule has 156 valence electrons. The standard InChI is InChI=1S/C24H32N2O3/c1-16-8-9-19(13-17(16)2)18(3)25-24(27)15-26-12-6-7-22(26)21-11-10-20(28-4)14-23(21)29-5/h8-11,13-14,18,22H,6-7,12,15H2,1-5H3,(H,25,27)/t18-,22+/m0/s1. The Morgan fingerprint density at radius 3 is 2.62 bits per heavy atom. The zero-order valence-electron chi connectivity index (χ0n) is 18.1. The lowest BCUT2D eigenvalue weighted by molar-refractivity contribution is -0.123. The van der Waals surface area contributed by atoms with Crippen molar-refractivity contribution < 1.29 is 14.3 Å². The summed E-state index contributed by atoms with van der Waals surface area (Å²) >= 11 is 0. The Labute approximate surface area is 174 Å². The highest BCUT2D eigenvalue weighted by molar-refractivity contribution is 5.78. The van der Waals surface area contributed by atoms with Gasteiger partial charge in [0.25, 0.3) is 0 Å². The number of rotatable bonds is 7. The van der Waals surface area contributed by atoms with E-state index in [9.17, 15) is 4.79 Å². The molecule has 1 N–H and O–H groups in total. The Morgan fingerprint density at radius 2 is 1.93 bits per heavy atom. The van der Waals surface area contributed by atoms with Crippen molar-refractivity contribution in [2.45, 2.75) is 45.7 Å². The van der Waals surface area contributed by atoms with Gasteiger partial charge in [-0.3, -0.25) is 9.69 Å². The van der Waals surface area contributed by atoms with E-state index >= 15 is 0 Å². The van der Waals surface area contributed by atoms with Crippen LogP contribution in [0, 0.1) is 13.8 Å². The van der Waals surface area contributed by atoms with Crippen molar-refractivity contribution in [3.8, 4) is 11.5 Å². The third-order valence-corrected chi connectivity index (χ3v) is 5.92. The number of hydrogen-bond donors (Lipinski definition) is 1. The summed E-state index contributed by atoms with van der Waals surface area (Å²) in [5.74, 6) is 1.63. The Morgan fingerprint density at radius 1 is 1.14 bits per heavy atom. The predicted octanol–water partition coefficient (Wildman–Crippen LogP) is 4.33. The first-order valence-electron chi connectivity index (χ1n) is 10.3. The van der Waals surface area contributed by atoms with Gasteiger partial charge in [-0.05, 0) is 62.9 Å². The SMILES string of the molecule is COc1ccc([C@H]2CCCN2CC(=O)N[C@@H](C)c2ccc(C)c(C)c2)c(OC)c1. The van der Waals surface area contributed by atoms with Gasteiger partial charge >= 0.3 is 0 Å². The van der Waals surface area contributed by atoms with Gasteiger partial charge in [0.05, 0.1) is 26.8 Å². The number of hydrogen-bond acceptors (Lipinski definition) is 4. The van der Waals surface area contributed by atoms with Crippen LogP contribution in [-0.4, -0.2) is 38.1 Å². The largest absolute Gasteiger partial charge is 0.497 e. The second kappa shape index (κ2) is 9.31. The molecule has 0 aliphatic carbocycles. The van der Waals surface area contributed by atoms with Gasteiger partial charge in [0.1, 0.15) is 11.5 Å². The molecule has 3 rings (SSSR count). The number of carbonyl (C=O) groups excluding carboxylic acids is 1. The third kappa shape index (κ3) is 4.91. The highest BCUT2D eigenvalue weighted by Gasteiger charge is 2.30. The summed E-state index contributed by atoms with van der Waals surface area (Å²) in [5.41, 5.74) is 4.76. The second-order valence-corrected chi connectivity index (χ2v) is 7.87. The molecule has 1 amide bonds. The van der Waals surface area contributed by atoms with Crippen molar-refractivity contribution in [3.63, 3.8) is 0 Å². The summed E-state index contributed by atoms with van der Waals surface area (Å²) < 4.78 is 10.9. The first kappa shape index (κ1) is 21.2. The molecule has 0 spiro atoms. The molecular formula is C24H32N2O3. The lowest BCUT2D eigenvalue weighted by Crippen LogP contribution is -2.38. The molecule has 5 nitrogen and oxygen atoms in total. The van der Waals surface area contributed by atoms with Crippen molar-refractivity contribution in [1.29, 1.82) is 0 Å². The van der Waals surface area contributed by atoms with Gasteiger partial charge in [-0.25, -0.2) is 0 Å². The van der Waals surface area contributed by atoms with E-state index in [4.69, 9.17) is 9.47 Å². The molecule has 0 saturated carbocycles. The van der Waals surface area contributed by atoms with Gasteiger partial charge in [-0.1, -0.05) is 24.3 Å². The molecule has 29 heavy (non-hydrogen) atoms.